The van der Waals surface area contributed by atoms with E-state index in [-0.39, 0.29) is 36.1 Å². The molecule has 1 fully saturated rings. The maximum atomic E-state index is 12.3. The van der Waals surface area contributed by atoms with E-state index >= 15 is 0 Å². The second-order valence-electron chi connectivity index (χ2n) is 5.66. The first kappa shape index (κ1) is 16.8. The molecule has 0 unspecified atom stereocenters. The fourth-order valence-electron chi connectivity index (χ4n) is 2.18. The molecule has 0 radical (unpaired) electrons. The number of nitrogens with two attached hydrogens (primary N) is 1. The molecule has 2 rings (SSSR count). The SMILES string of the molecule is CC(=O)OCC1=C(C(=O)OCC(C)C)N2C(=O)[C@@H](N)[C@H]2SC1. The molecule has 2 aliphatic heterocycles. The number of amides is 1. The average molecular weight is 328 g/mol. The van der Waals surface area contributed by atoms with E-state index < -0.39 is 18.0 Å². The molecule has 8 heteroatoms. The van der Waals surface area contributed by atoms with Gasteiger partial charge in [-0.25, -0.2) is 4.79 Å². The highest BCUT2D eigenvalue weighted by Crippen LogP contribution is 2.39. The third kappa shape index (κ3) is 3.27. The Balaban J connectivity index is 2.22. The summed E-state index contributed by atoms with van der Waals surface area (Å²) in [6.07, 6.45) is 0. The molecule has 122 valence electrons. The molecular weight excluding hydrogens is 308 g/mol. The van der Waals surface area contributed by atoms with Crippen LogP contribution in [0.2, 0.25) is 0 Å². The van der Waals surface area contributed by atoms with E-state index in [0.717, 1.165) is 0 Å². The van der Waals surface area contributed by atoms with Gasteiger partial charge in [0.1, 0.15) is 23.7 Å². The maximum Gasteiger partial charge on any atom is 0.355 e. The summed E-state index contributed by atoms with van der Waals surface area (Å²) in [7, 11) is 0. The minimum absolute atomic E-state index is 0.0276. The first-order chi connectivity index (χ1) is 10.3. The van der Waals surface area contributed by atoms with Crippen molar-refractivity contribution in [3.05, 3.63) is 11.3 Å². The number of nitrogens with zero attached hydrogens (tertiary/aromatic N) is 1. The highest BCUT2D eigenvalue weighted by atomic mass is 32.2. The summed E-state index contributed by atoms with van der Waals surface area (Å²) in [5.41, 5.74) is 6.51. The third-order valence-corrected chi connectivity index (χ3v) is 4.64. The molecular formula is C14H20N2O5S. The summed E-state index contributed by atoms with van der Waals surface area (Å²) >= 11 is 1.45. The number of rotatable bonds is 5. The number of carbonyl (C=O) groups excluding carboxylic acids is 3. The van der Waals surface area contributed by atoms with Gasteiger partial charge in [-0.1, -0.05) is 13.8 Å². The van der Waals surface area contributed by atoms with E-state index in [9.17, 15) is 14.4 Å². The normalized spacial score (nSPS) is 24.0. The third-order valence-electron chi connectivity index (χ3n) is 3.28. The van der Waals surface area contributed by atoms with Gasteiger partial charge in [0.25, 0.3) is 0 Å². The zero-order chi connectivity index (χ0) is 16.4. The van der Waals surface area contributed by atoms with Gasteiger partial charge < -0.3 is 15.2 Å². The fourth-order valence-corrected chi connectivity index (χ4v) is 3.45. The van der Waals surface area contributed by atoms with Gasteiger partial charge >= 0.3 is 11.9 Å². The van der Waals surface area contributed by atoms with Gasteiger partial charge in [-0.15, -0.1) is 11.8 Å². The smallest absolute Gasteiger partial charge is 0.355 e. The van der Waals surface area contributed by atoms with Crippen LogP contribution in [0.15, 0.2) is 11.3 Å². The van der Waals surface area contributed by atoms with Crippen molar-refractivity contribution >= 4 is 29.6 Å². The summed E-state index contributed by atoms with van der Waals surface area (Å²) in [6.45, 7) is 5.37. The van der Waals surface area contributed by atoms with Crippen LogP contribution in [0, 0.1) is 5.92 Å². The number of hydrogen-bond donors (Lipinski definition) is 1. The zero-order valence-corrected chi connectivity index (χ0v) is 13.6. The average Bonchev–Trinajstić information content (AvgIpc) is 2.48. The Hall–Kier alpha value is -1.54. The molecule has 0 aliphatic carbocycles. The molecule has 0 aromatic carbocycles. The summed E-state index contributed by atoms with van der Waals surface area (Å²) in [4.78, 5) is 36.7. The lowest BCUT2D eigenvalue weighted by Gasteiger charge is -2.48. The largest absolute Gasteiger partial charge is 0.461 e. The van der Waals surface area contributed by atoms with Gasteiger partial charge in [0.2, 0.25) is 5.91 Å². The van der Waals surface area contributed by atoms with Crippen LogP contribution in [0.3, 0.4) is 0 Å². The molecule has 0 aromatic heterocycles. The molecule has 2 atom stereocenters. The van der Waals surface area contributed by atoms with E-state index in [2.05, 4.69) is 0 Å². The Morgan fingerprint density at radius 1 is 1.41 bits per heavy atom. The summed E-state index contributed by atoms with van der Waals surface area (Å²) in [5, 5.41) is -0.254. The van der Waals surface area contributed by atoms with Crippen LogP contribution in [0.1, 0.15) is 20.8 Å². The Kier molecular flexibility index (Phi) is 5.12. The second-order valence-corrected chi connectivity index (χ2v) is 6.77. The number of β-lactam (4-membered cyclic amide) rings is 1. The van der Waals surface area contributed by atoms with Crippen molar-refractivity contribution in [3.63, 3.8) is 0 Å². The van der Waals surface area contributed by atoms with E-state index in [1.54, 1.807) is 0 Å². The lowest BCUT2D eigenvalue weighted by molar-refractivity contribution is -0.151. The number of ether oxygens (including phenoxy) is 2. The Morgan fingerprint density at radius 3 is 2.68 bits per heavy atom. The van der Waals surface area contributed by atoms with E-state index in [0.29, 0.717) is 11.3 Å². The van der Waals surface area contributed by atoms with Gasteiger partial charge in [-0.3, -0.25) is 14.5 Å². The predicted molar refractivity (Wildman–Crippen MR) is 80.5 cm³/mol. The Labute approximate surface area is 133 Å². The van der Waals surface area contributed by atoms with Crippen LogP contribution < -0.4 is 5.73 Å². The van der Waals surface area contributed by atoms with Crippen molar-refractivity contribution in [2.75, 3.05) is 19.0 Å². The van der Waals surface area contributed by atoms with Crippen LogP contribution in [0.5, 0.6) is 0 Å². The van der Waals surface area contributed by atoms with Crippen molar-refractivity contribution < 1.29 is 23.9 Å². The second kappa shape index (κ2) is 6.70. The van der Waals surface area contributed by atoms with Gasteiger partial charge in [0.15, 0.2) is 0 Å². The van der Waals surface area contributed by atoms with Crippen molar-refractivity contribution in [1.82, 2.24) is 4.90 Å². The van der Waals surface area contributed by atoms with Crippen LogP contribution >= 0.6 is 11.8 Å². The number of carbonyl (C=O) groups is 3. The highest BCUT2D eigenvalue weighted by Gasteiger charge is 2.52. The highest BCUT2D eigenvalue weighted by molar-refractivity contribution is 8.00. The van der Waals surface area contributed by atoms with Crippen molar-refractivity contribution in [1.29, 1.82) is 0 Å². The number of fused-ring (bicyclic) bond motifs is 1. The van der Waals surface area contributed by atoms with Crippen molar-refractivity contribution in [2.24, 2.45) is 11.7 Å². The first-order valence-electron chi connectivity index (χ1n) is 7.05. The minimum Gasteiger partial charge on any atom is -0.461 e. The molecule has 2 aliphatic rings. The lowest BCUT2D eigenvalue weighted by atomic mass is 10.0. The number of hydrogen-bond acceptors (Lipinski definition) is 7. The first-order valence-corrected chi connectivity index (χ1v) is 8.10. The molecule has 2 heterocycles. The number of esters is 2. The molecule has 0 saturated carbocycles. The quantitative estimate of drug-likeness (QED) is 0.570. The van der Waals surface area contributed by atoms with Crippen LogP contribution in [-0.4, -0.2) is 53.1 Å². The van der Waals surface area contributed by atoms with E-state index in [1.807, 2.05) is 13.8 Å². The van der Waals surface area contributed by atoms with Crippen LogP contribution in [0.4, 0.5) is 0 Å². The summed E-state index contributed by atoms with van der Waals surface area (Å²) in [6, 6.07) is -0.604. The molecule has 1 saturated heterocycles. The molecule has 7 nitrogen and oxygen atoms in total. The molecule has 0 bridgehead atoms. The molecule has 0 aromatic rings. The van der Waals surface area contributed by atoms with Gasteiger partial charge in [0, 0.05) is 18.2 Å². The molecule has 1 amide bonds. The standard InChI is InChI=1S/C14H20N2O5S/c1-7(2)4-21-14(19)11-9(5-20-8(3)17)6-22-13-10(15)12(18)16(11)13/h7,10,13H,4-6,15H2,1-3H3/t10-,13-/m1/s1. The maximum absolute atomic E-state index is 12.3. The Bertz CT molecular complexity index is 531. The minimum atomic E-state index is -0.604. The van der Waals surface area contributed by atoms with Crippen LogP contribution in [0.25, 0.3) is 0 Å². The molecule has 22 heavy (non-hydrogen) atoms. The summed E-state index contributed by atoms with van der Waals surface area (Å²) < 4.78 is 10.2. The predicted octanol–water partition coefficient (Wildman–Crippen LogP) is 0.245. The fraction of sp³-hybridized carbons (Fsp3) is 0.643. The van der Waals surface area contributed by atoms with Gasteiger partial charge in [-0.05, 0) is 5.92 Å². The molecule has 0 spiro atoms. The van der Waals surface area contributed by atoms with E-state index in [1.165, 1.54) is 23.6 Å². The van der Waals surface area contributed by atoms with Gasteiger partial charge in [-0.2, -0.15) is 0 Å². The van der Waals surface area contributed by atoms with Crippen LogP contribution in [-0.2, 0) is 23.9 Å². The Morgan fingerprint density at radius 2 is 2.09 bits per heavy atom. The van der Waals surface area contributed by atoms with Gasteiger partial charge in [0.05, 0.1) is 6.61 Å². The zero-order valence-electron chi connectivity index (χ0n) is 12.8. The van der Waals surface area contributed by atoms with E-state index in [4.69, 9.17) is 15.2 Å². The molecule has 2 N–H and O–H groups in total. The lowest BCUT2D eigenvalue weighted by Crippen LogP contribution is -2.68. The van der Waals surface area contributed by atoms with Crippen molar-refractivity contribution in [3.8, 4) is 0 Å². The number of thioether (sulfide) groups is 1. The topological polar surface area (TPSA) is 98.9 Å². The van der Waals surface area contributed by atoms with Crippen molar-refractivity contribution in [2.45, 2.75) is 32.2 Å². The monoisotopic (exact) mass is 328 g/mol. The summed E-state index contributed by atoms with van der Waals surface area (Å²) in [5.74, 6) is -0.664.